The Labute approximate surface area is 181 Å². The molecule has 3 N–H and O–H groups in total. The summed E-state index contributed by atoms with van der Waals surface area (Å²) in [7, 11) is 1.33. The van der Waals surface area contributed by atoms with Crippen LogP contribution in [0.2, 0.25) is 0 Å². The van der Waals surface area contributed by atoms with Gasteiger partial charge < -0.3 is 15.2 Å². The fraction of sp³-hybridized carbons (Fsp3) is 0.375. The average molecular weight is 420 g/mol. The zero-order valence-electron chi connectivity index (χ0n) is 18.1. The predicted molar refractivity (Wildman–Crippen MR) is 117 cm³/mol. The zero-order valence-corrected chi connectivity index (χ0v) is 18.1. The summed E-state index contributed by atoms with van der Waals surface area (Å²) in [4.78, 5) is 18.7. The fourth-order valence-electron chi connectivity index (χ4n) is 4.52. The predicted octanol–water partition coefficient (Wildman–Crippen LogP) is 3.21. The van der Waals surface area contributed by atoms with Gasteiger partial charge in [-0.1, -0.05) is 11.6 Å². The normalized spacial score (nSPS) is 19.3. The smallest absolute Gasteiger partial charge is 0.338 e. The summed E-state index contributed by atoms with van der Waals surface area (Å²) in [6.45, 7) is 5.52. The van der Waals surface area contributed by atoms with Gasteiger partial charge in [-0.25, -0.2) is 9.78 Å². The molecule has 7 nitrogen and oxygen atoms in total. The number of nitrogens with two attached hydrogens (primary N) is 1. The highest BCUT2D eigenvalue weighted by Gasteiger charge is 2.40. The van der Waals surface area contributed by atoms with Crippen LogP contribution in [0.3, 0.4) is 0 Å². The van der Waals surface area contributed by atoms with Crippen LogP contribution in [0, 0.1) is 18.3 Å². The Morgan fingerprint density at radius 2 is 2.00 bits per heavy atom. The molecule has 0 aliphatic carbocycles. The standard InChI is InChI=1S/C24H26N4O3/c1-14-7-8-19-16(11-14)12-17(23(27-19)28-9-5-4-6-10-28)21-18(13-25)22(26)31-15(2)20(21)24(29)30-3/h7-8,11-12,21H,4-6,9-10,26H2,1-3H3/p+1/t21-/m1/s1. The largest absolute Gasteiger partial charge is 0.466 e. The van der Waals surface area contributed by atoms with Crippen molar-refractivity contribution in [3.05, 3.63) is 58.2 Å². The average Bonchev–Trinajstić information content (AvgIpc) is 2.77. The third kappa shape index (κ3) is 3.70. The number of nitrogens with one attached hydrogen (secondary N) is 1. The molecular weight excluding hydrogens is 392 g/mol. The molecule has 1 saturated heterocycles. The van der Waals surface area contributed by atoms with Gasteiger partial charge in [-0.3, -0.25) is 4.90 Å². The van der Waals surface area contributed by atoms with E-state index in [0.29, 0.717) is 11.3 Å². The molecule has 2 aliphatic rings. The third-order valence-corrected chi connectivity index (χ3v) is 6.04. The highest BCUT2D eigenvalue weighted by molar-refractivity contribution is 5.93. The number of nitriles is 1. The lowest BCUT2D eigenvalue weighted by Gasteiger charge is -2.29. The Bertz CT molecular complexity index is 1150. The van der Waals surface area contributed by atoms with Crippen LogP contribution in [0.4, 0.5) is 5.82 Å². The minimum Gasteiger partial charge on any atom is -0.466 e. The second-order valence-electron chi connectivity index (χ2n) is 8.10. The number of H-pyrrole nitrogens is 1. The molecule has 2 aliphatic heterocycles. The molecule has 7 heteroatoms. The van der Waals surface area contributed by atoms with Gasteiger partial charge >= 0.3 is 5.97 Å². The topological polar surface area (TPSA) is 103 Å². The summed E-state index contributed by atoms with van der Waals surface area (Å²) < 4.78 is 10.6. The Kier molecular flexibility index (Phi) is 5.55. The number of anilines is 1. The SMILES string of the molecule is COC(=O)C1=C(C)OC(N)=C(C#N)[C@H]1c1cc2cc(C)ccc2[nH+]c1N1CCCCC1. The maximum atomic E-state index is 12.8. The van der Waals surface area contributed by atoms with Gasteiger partial charge in [0.25, 0.3) is 5.82 Å². The number of rotatable bonds is 3. The van der Waals surface area contributed by atoms with Gasteiger partial charge in [-0.15, -0.1) is 0 Å². The molecule has 0 amide bonds. The molecule has 0 saturated carbocycles. The number of hydrogen-bond donors (Lipinski definition) is 1. The highest BCUT2D eigenvalue weighted by Crippen LogP contribution is 2.43. The molecule has 1 fully saturated rings. The molecule has 1 aromatic heterocycles. The van der Waals surface area contributed by atoms with E-state index in [1.165, 1.54) is 13.5 Å². The molecule has 2 aromatic rings. The summed E-state index contributed by atoms with van der Waals surface area (Å²) in [6, 6.07) is 10.4. The summed E-state index contributed by atoms with van der Waals surface area (Å²) in [5.41, 5.74) is 9.56. The monoisotopic (exact) mass is 419 g/mol. The van der Waals surface area contributed by atoms with Gasteiger partial charge in [0.05, 0.1) is 37.3 Å². The first kappa shape index (κ1) is 20.7. The van der Waals surface area contributed by atoms with Crippen molar-refractivity contribution in [2.24, 2.45) is 5.73 Å². The van der Waals surface area contributed by atoms with Gasteiger partial charge in [0, 0.05) is 5.39 Å². The van der Waals surface area contributed by atoms with Crippen molar-refractivity contribution in [2.45, 2.75) is 39.0 Å². The number of esters is 1. The number of carbonyl (C=O) groups is 1. The number of piperidine rings is 1. The van der Waals surface area contributed by atoms with Crippen LogP contribution in [0.5, 0.6) is 0 Å². The van der Waals surface area contributed by atoms with Crippen molar-refractivity contribution in [2.75, 3.05) is 25.1 Å². The summed E-state index contributed by atoms with van der Waals surface area (Å²) in [5.74, 6) is 0.0625. The number of allylic oxidation sites excluding steroid dienone is 2. The molecule has 0 radical (unpaired) electrons. The molecule has 1 atom stereocenters. The maximum absolute atomic E-state index is 12.8. The Morgan fingerprint density at radius 3 is 2.68 bits per heavy atom. The van der Waals surface area contributed by atoms with E-state index < -0.39 is 11.9 Å². The minimum atomic E-state index is -0.677. The first-order valence-electron chi connectivity index (χ1n) is 10.5. The molecule has 3 heterocycles. The van der Waals surface area contributed by atoms with E-state index in [-0.39, 0.29) is 11.5 Å². The van der Waals surface area contributed by atoms with Crippen LogP contribution >= 0.6 is 0 Å². The van der Waals surface area contributed by atoms with E-state index in [0.717, 1.165) is 53.8 Å². The number of hydrogen-bond acceptors (Lipinski definition) is 6. The summed E-state index contributed by atoms with van der Waals surface area (Å²) >= 11 is 0. The van der Waals surface area contributed by atoms with Crippen LogP contribution in [0.15, 0.2) is 47.1 Å². The first-order valence-corrected chi connectivity index (χ1v) is 10.5. The number of aromatic nitrogens is 1. The van der Waals surface area contributed by atoms with Gasteiger partial charge in [0.1, 0.15) is 22.9 Å². The number of nitrogens with zero attached hydrogens (tertiary/aromatic N) is 2. The molecule has 0 bridgehead atoms. The fourth-order valence-corrected chi connectivity index (χ4v) is 4.52. The first-order chi connectivity index (χ1) is 14.9. The van der Waals surface area contributed by atoms with Crippen LogP contribution in [-0.4, -0.2) is 26.2 Å². The van der Waals surface area contributed by atoms with Crippen molar-refractivity contribution in [1.82, 2.24) is 0 Å². The summed E-state index contributed by atoms with van der Waals surface area (Å²) in [6.07, 6.45) is 3.38. The molecule has 1 aromatic carbocycles. The van der Waals surface area contributed by atoms with Crippen molar-refractivity contribution >= 4 is 22.7 Å². The second kappa shape index (κ2) is 8.31. The van der Waals surface area contributed by atoms with Gasteiger partial charge in [-0.2, -0.15) is 5.26 Å². The molecule has 4 rings (SSSR count). The second-order valence-corrected chi connectivity index (χ2v) is 8.10. The van der Waals surface area contributed by atoms with Gasteiger partial charge in [-0.05, 0) is 51.3 Å². The lowest BCUT2D eigenvalue weighted by molar-refractivity contribution is -0.331. The zero-order chi connectivity index (χ0) is 22.1. The third-order valence-electron chi connectivity index (χ3n) is 6.04. The lowest BCUT2D eigenvalue weighted by Crippen LogP contribution is -2.36. The number of aromatic amines is 1. The lowest BCUT2D eigenvalue weighted by atomic mass is 9.82. The Balaban J connectivity index is 2.01. The molecule has 31 heavy (non-hydrogen) atoms. The number of carbonyl (C=O) groups excluding carboxylic acids is 1. The van der Waals surface area contributed by atoms with Crippen molar-refractivity contribution < 1.29 is 19.3 Å². The quantitative estimate of drug-likeness (QED) is 0.767. The molecule has 0 unspecified atom stereocenters. The van der Waals surface area contributed by atoms with E-state index in [4.69, 9.17) is 15.2 Å². The molecular formula is C24H27N4O3+. The highest BCUT2D eigenvalue weighted by atomic mass is 16.5. The van der Waals surface area contributed by atoms with E-state index >= 15 is 0 Å². The van der Waals surface area contributed by atoms with Crippen LogP contribution in [0.25, 0.3) is 10.9 Å². The van der Waals surface area contributed by atoms with Crippen molar-refractivity contribution in [3.8, 4) is 6.07 Å². The van der Waals surface area contributed by atoms with Crippen molar-refractivity contribution in [1.29, 1.82) is 5.26 Å². The van der Waals surface area contributed by atoms with E-state index in [1.807, 2.05) is 6.92 Å². The number of ether oxygens (including phenoxy) is 2. The van der Waals surface area contributed by atoms with E-state index in [9.17, 15) is 10.1 Å². The van der Waals surface area contributed by atoms with Gasteiger partial charge in [0.2, 0.25) is 5.88 Å². The number of pyridine rings is 1. The molecule has 0 spiro atoms. The minimum absolute atomic E-state index is 0.0200. The van der Waals surface area contributed by atoms with Crippen molar-refractivity contribution in [3.63, 3.8) is 0 Å². The maximum Gasteiger partial charge on any atom is 0.338 e. The number of methoxy groups -OCH3 is 1. The number of fused-ring (bicyclic) bond motifs is 1. The van der Waals surface area contributed by atoms with E-state index in [1.54, 1.807) is 6.92 Å². The van der Waals surface area contributed by atoms with Gasteiger partial charge in [0.15, 0.2) is 0 Å². The number of benzene rings is 1. The van der Waals surface area contributed by atoms with Crippen LogP contribution in [0.1, 0.15) is 43.2 Å². The number of aryl methyl sites for hydroxylation is 1. The Hall–Kier alpha value is -3.53. The van der Waals surface area contributed by atoms with Crippen LogP contribution < -0.4 is 15.6 Å². The Morgan fingerprint density at radius 1 is 1.26 bits per heavy atom. The van der Waals surface area contributed by atoms with E-state index in [2.05, 4.69) is 40.2 Å². The van der Waals surface area contributed by atoms with Crippen LogP contribution in [-0.2, 0) is 14.3 Å². The molecule has 160 valence electrons. The summed E-state index contributed by atoms with van der Waals surface area (Å²) in [5, 5.41) is 10.9.